The molecular formula is C19H20FNO3S. The summed E-state index contributed by atoms with van der Waals surface area (Å²) in [4.78, 5) is 26.9. The highest BCUT2D eigenvalue weighted by Gasteiger charge is 2.25. The van der Waals surface area contributed by atoms with Crippen LogP contribution in [0.15, 0.2) is 36.4 Å². The van der Waals surface area contributed by atoms with Crippen molar-refractivity contribution in [2.45, 2.75) is 25.7 Å². The van der Waals surface area contributed by atoms with Gasteiger partial charge >= 0.3 is 5.97 Å². The van der Waals surface area contributed by atoms with E-state index in [1.54, 1.807) is 12.1 Å². The van der Waals surface area contributed by atoms with Gasteiger partial charge in [-0.25, -0.2) is 4.39 Å². The topological polar surface area (TPSA) is 57.6 Å². The monoisotopic (exact) mass is 361 g/mol. The van der Waals surface area contributed by atoms with Gasteiger partial charge in [-0.1, -0.05) is 12.1 Å². The number of aliphatic carboxylic acids is 1. The van der Waals surface area contributed by atoms with Crippen LogP contribution in [0.2, 0.25) is 0 Å². The molecule has 0 radical (unpaired) electrons. The van der Waals surface area contributed by atoms with E-state index in [4.69, 9.17) is 5.11 Å². The van der Waals surface area contributed by atoms with Gasteiger partial charge in [-0.2, -0.15) is 0 Å². The molecule has 1 atom stereocenters. The Morgan fingerprint density at radius 3 is 2.68 bits per heavy atom. The molecule has 1 saturated heterocycles. The first-order valence-electron chi connectivity index (χ1n) is 8.40. The number of amides is 1. The summed E-state index contributed by atoms with van der Waals surface area (Å²) in [6, 6.07) is 9.93. The summed E-state index contributed by atoms with van der Waals surface area (Å²) in [6.07, 6.45) is 2.65. The third-order valence-electron chi connectivity index (χ3n) is 4.52. The highest BCUT2D eigenvalue weighted by Crippen LogP contribution is 2.30. The minimum Gasteiger partial charge on any atom is -0.481 e. The maximum Gasteiger partial charge on any atom is 0.303 e. The number of carbonyl (C=O) groups is 2. The average molecular weight is 361 g/mol. The molecule has 0 saturated carbocycles. The molecule has 1 N–H and O–H groups in total. The molecule has 3 rings (SSSR count). The van der Waals surface area contributed by atoms with Gasteiger partial charge in [0.05, 0.1) is 4.88 Å². The first-order valence-corrected chi connectivity index (χ1v) is 9.21. The molecule has 0 spiro atoms. The molecule has 1 fully saturated rings. The molecule has 1 aliphatic heterocycles. The van der Waals surface area contributed by atoms with Crippen molar-refractivity contribution in [2.24, 2.45) is 5.92 Å². The normalized spacial score (nSPS) is 17.5. The molecule has 1 unspecified atom stereocenters. The van der Waals surface area contributed by atoms with E-state index >= 15 is 0 Å². The molecule has 2 aromatic rings. The Hall–Kier alpha value is -2.21. The summed E-state index contributed by atoms with van der Waals surface area (Å²) in [6.45, 7) is 1.34. The van der Waals surface area contributed by atoms with Crippen LogP contribution in [0, 0.1) is 11.7 Å². The van der Waals surface area contributed by atoms with E-state index in [2.05, 4.69) is 0 Å². The summed E-state index contributed by atoms with van der Waals surface area (Å²) in [5.74, 6) is -0.813. The molecule has 0 aliphatic carbocycles. The minimum atomic E-state index is -0.786. The van der Waals surface area contributed by atoms with Gasteiger partial charge < -0.3 is 10.0 Å². The van der Waals surface area contributed by atoms with Crippen molar-refractivity contribution in [3.8, 4) is 10.4 Å². The van der Waals surface area contributed by atoms with Crippen molar-refractivity contribution in [1.82, 2.24) is 4.90 Å². The van der Waals surface area contributed by atoms with E-state index < -0.39 is 5.97 Å². The van der Waals surface area contributed by atoms with Crippen LogP contribution in [-0.4, -0.2) is 35.0 Å². The number of benzene rings is 1. The fourth-order valence-corrected chi connectivity index (χ4v) is 4.17. The molecular weight excluding hydrogens is 341 g/mol. The van der Waals surface area contributed by atoms with Crippen molar-refractivity contribution < 1.29 is 19.1 Å². The summed E-state index contributed by atoms with van der Waals surface area (Å²) in [5.41, 5.74) is 0.892. The first-order chi connectivity index (χ1) is 12.0. The number of carboxylic acids is 1. The third-order valence-corrected chi connectivity index (χ3v) is 5.64. The number of halogens is 1. The van der Waals surface area contributed by atoms with Gasteiger partial charge in [-0.3, -0.25) is 9.59 Å². The molecule has 1 aromatic carbocycles. The predicted molar refractivity (Wildman–Crippen MR) is 95.2 cm³/mol. The standard InChI is InChI=1S/C19H20FNO3S/c20-15-6-4-14(5-7-15)16-8-9-17(25-16)19(24)21-11-1-2-13(12-21)3-10-18(22)23/h4-9,13H,1-3,10-12H2,(H,22,23). The second-order valence-corrected chi connectivity index (χ2v) is 7.45. The number of hydrogen-bond donors (Lipinski definition) is 1. The van der Waals surface area contributed by atoms with Crippen LogP contribution in [0.1, 0.15) is 35.4 Å². The third kappa shape index (κ3) is 4.45. The maximum absolute atomic E-state index is 13.0. The Labute approximate surface area is 149 Å². The van der Waals surface area contributed by atoms with E-state index in [9.17, 15) is 14.0 Å². The molecule has 1 amide bonds. The number of rotatable bonds is 5. The Morgan fingerprint density at radius 2 is 1.96 bits per heavy atom. The molecule has 4 nitrogen and oxygen atoms in total. The smallest absolute Gasteiger partial charge is 0.303 e. The second kappa shape index (κ2) is 7.78. The van der Waals surface area contributed by atoms with E-state index in [0.29, 0.717) is 24.4 Å². The van der Waals surface area contributed by atoms with E-state index in [1.807, 2.05) is 17.0 Å². The molecule has 1 aromatic heterocycles. The maximum atomic E-state index is 13.0. The quantitative estimate of drug-likeness (QED) is 0.865. The minimum absolute atomic E-state index is 0.00149. The van der Waals surface area contributed by atoms with Crippen molar-refractivity contribution in [2.75, 3.05) is 13.1 Å². The lowest BCUT2D eigenvalue weighted by molar-refractivity contribution is -0.137. The molecule has 2 heterocycles. The van der Waals surface area contributed by atoms with Gasteiger partial charge in [0.1, 0.15) is 5.82 Å². The summed E-state index contributed by atoms with van der Waals surface area (Å²) in [5, 5.41) is 8.82. The van der Waals surface area contributed by atoms with Gasteiger partial charge in [0.15, 0.2) is 0 Å². The fourth-order valence-electron chi connectivity index (χ4n) is 3.19. The number of hydrogen-bond acceptors (Lipinski definition) is 3. The van der Waals surface area contributed by atoms with Crippen molar-refractivity contribution in [3.63, 3.8) is 0 Å². The SMILES string of the molecule is O=C(O)CCC1CCCN(C(=O)c2ccc(-c3ccc(F)cc3)s2)C1. The fraction of sp³-hybridized carbons (Fsp3) is 0.368. The average Bonchev–Trinajstić information content (AvgIpc) is 3.10. The van der Waals surface area contributed by atoms with Crippen LogP contribution in [0.5, 0.6) is 0 Å². The Balaban J connectivity index is 1.66. The van der Waals surface area contributed by atoms with Crippen LogP contribution in [0.4, 0.5) is 4.39 Å². The predicted octanol–water partition coefficient (Wildman–Crippen LogP) is 4.27. The lowest BCUT2D eigenvalue weighted by atomic mass is 9.93. The van der Waals surface area contributed by atoms with E-state index in [1.165, 1.54) is 23.5 Å². The first kappa shape index (κ1) is 17.6. The Bertz CT molecular complexity index is 756. The number of thiophene rings is 1. The Kier molecular flexibility index (Phi) is 5.48. The lowest BCUT2D eigenvalue weighted by Gasteiger charge is -2.32. The summed E-state index contributed by atoms with van der Waals surface area (Å²) >= 11 is 1.41. The molecule has 1 aliphatic rings. The number of likely N-dealkylation sites (tertiary alicyclic amines) is 1. The van der Waals surface area contributed by atoms with Gasteiger partial charge in [0, 0.05) is 24.4 Å². The van der Waals surface area contributed by atoms with Crippen molar-refractivity contribution in [3.05, 3.63) is 47.1 Å². The molecule has 25 heavy (non-hydrogen) atoms. The number of carboxylic acid groups (broad SMARTS) is 1. The van der Waals surface area contributed by atoms with Crippen LogP contribution in [0.25, 0.3) is 10.4 Å². The van der Waals surface area contributed by atoms with E-state index in [-0.39, 0.29) is 24.1 Å². The number of nitrogens with zero attached hydrogens (tertiary/aromatic N) is 1. The van der Waals surface area contributed by atoms with Crippen molar-refractivity contribution >= 4 is 23.2 Å². The number of carbonyl (C=O) groups excluding carboxylic acids is 1. The molecule has 0 bridgehead atoms. The molecule has 132 valence electrons. The largest absolute Gasteiger partial charge is 0.481 e. The zero-order chi connectivity index (χ0) is 17.8. The van der Waals surface area contributed by atoms with Crippen LogP contribution in [0.3, 0.4) is 0 Å². The van der Waals surface area contributed by atoms with Gasteiger partial charge in [-0.15, -0.1) is 11.3 Å². The van der Waals surface area contributed by atoms with Crippen LogP contribution in [-0.2, 0) is 4.79 Å². The Morgan fingerprint density at radius 1 is 1.20 bits per heavy atom. The van der Waals surface area contributed by atoms with Gasteiger partial charge in [0.25, 0.3) is 5.91 Å². The zero-order valence-electron chi connectivity index (χ0n) is 13.8. The lowest BCUT2D eigenvalue weighted by Crippen LogP contribution is -2.39. The summed E-state index contributed by atoms with van der Waals surface area (Å²) in [7, 11) is 0. The summed E-state index contributed by atoms with van der Waals surface area (Å²) < 4.78 is 13.0. The van der Waals surface area contributed by atoms with Crippen LogP contribution < -0.4 is 0 Å². The second-order valence-electron chi connectivity index (χ2n) is 6.36. The van der Waals surface area contributed by atoms with Gasteiger partial charge in [0.2, 0.25) is 0 Å². The van der Waals surface area contributed by atoms with E-state index in [0.717, 1.165) is 23.3 Å². The van der Waals surface area contributed by atoms with Crippen molar-refractivity contribution in [1.29, 1.82) is 0 Å². The van der Waals surface area contributed by atoms with Crippen LogP contribution >= 0.6 is 11.3 Å². The molecule has 6 heteroatoms. The van der Waals surface area contributed by atoms with Gasteiger partial charge in [-0.05, 0) is 55.0 Å². The highest BCUT2D eigenvalue weighted by atomic mass is 32.1. The highest BCUT2D eigenvalue weighted by molar-refractivity contribution is 7.17. The zero-order valence-corrected chi connectivity index (χ0v) is 14.6. The number of piperidine rings is 1.